The summed E-state index contributed by atoms with van der Waals surface area (Å²) in [4.78, 5) is 25.9. The lowest BCUT2D eigenvalue weighted by molar-refractivity contribution is 0.196. The molecule has 0 radical (unpaired) electrons. The van der Waals surface area contributed by atoms with Crippen LogP contribution < -0.4 is 30.3 Å². The first-order valence-corrected chi connectivity index (χ1v) is 9.66. The van der Waals surface area contributed by atoms with Crippen LogP contribution in [0.15, 0.2) is 42.5 Å². The van der Waals surface area contributed by atoms with Gasteiger partial charge in [-0.05, 0) is 42.8 Å². The van der Waals surface area contributed by atoms with Crippen molar-refractivity contribution in [3.05, 3.63) is 48.0 Å². The van der Waals surface area contributed by atoms with Crippen molar-refractivity contribution >= 4 is 23.4 Å². The number of rotatable bonds is 8. The van der Waals surface area contributed by atoms with E-state index in [2.05, 4.69) is 16.0 Å². The zero-order valence-electron chi connectivity index (χ0n) is 17.0. The maximum atomic E-state index is 12.5. The van der Waals surface area contributed by atoms with E-state index in [-0.39, 0.29) is 31.3 Å². The molecule has 3 rings (SSSR count). The number of nitrogens with one attached hydrogen (secondary N) is 3. The van der Waals surface area contributed by atoms with Crippen LogP contribution in [0, 0.1) is 0 Å². The molecule has 1 aliphatic heterocycles. The molecule has 1 heterocycles. The molecule has 160 valence electrons. The van der Waals surface area contributed by atoms with Crippen LogP contribution in [0.25, 0.3) is 0 Å². The zero-order chi connectivity index (χ0) is 21.5. The Labute approximate surface area is 175 Å². The van der Waals surface area contributed by atoms with Gasteiger partial charge in [-0.1, -0.05) is 12.1 Å². The molecule has 9 heteroatoms. The number of benzene rings is 2. The van der Waals surface area contributed by atoms with Crippen LogP contribution in [-0.4, -0.2) is 50.6 Å². The van der Waals surface area contributed by atoms with E-state index in [0.29, 0.717) is 30.3 Å². The number of carbonyl (C=O) groups excluding carboxylic acids is 2. The highest BCUT2D eigenvalue weighted by Gasteiger charge is 2.21. The van der Waals surface area contributed by atoms with Gasteiger partial charge in [0.1, 0.15) is 6.61 Å². The molecule has 2 aromatic carbocycles. The molecule has 1 saturated heterocycles. The third-order valence-electron chi connectivity index (χ3n) is 4.66. The molecule has 1 unspecified atom stereocenters. The minimum absolute atomic E-state index is 0.0906. The van der Waals surface area contributed by atoms with Gasteiger partial charge in [-0.3, -0.25) is 4.90 Å². The lowest BCUT2D eigenvalue weighted by Gasteiger charge is -2.18. The van der Waals surface area contributed by atoms with Crippen molar-refractivity contribution in [2.24, 2.45) is 0 Å². The van der Waals surface area contributed by atoms with Gasteiger partial charge < -0.3 is 30.5 Å². The van der Waals surface area contributed by atoms with Crippen LogP contribution in [0.3, 0.4) is 0 Å². The largest absolute Gasteiger partial charge is 0.493 e. The molecule has 0 saturated carbocycles. The highest BCUT2D eigenvalue weighted by atomic mass is 16.5. The van der Waals surface area contributed by atoms with E-state index in [1.165, 1.54) is 7.11 Å². The number of aliphatic hydroxyl groups excluding tert-OH is 1. The molecule has 0 spiro atoms. The van der Waals surface area contributed by atoms with Crippen molar-refractivity contribution < 1.29 is 24.2 Å². The SMILES string of the molecule is COc1cc(C(C)NC(=O)Nc2cccc(N3CCNC3=O)c2)ccc1OCCO. The zero-order valence-corrected chi connectivity index (χ0v) is 17.0. The topological polar surface area (TPSA) is 112 Å². The minimum atomic E-state index is -0.370. The molecule has 1 fully saturated rings. The maximum absolute atomic E-state index is 12.5. The van der Waals surface area contributed by atoms with E-state index in [9.17, 15) is 9.59 Å². The molecule has 4 amide bonds. The Morgan fingerprint density at radius 3 is 2.80 bits per heavy atom. The number of ether oxygens (including phenoxy) is 2. The van der Waals surface area contributed by atoms with Crippen LogP contribution in [0.1, 0.15) is 18.5 Å². The summed E-state index contributed by atoms with van der Waals surface area (Å²) in [5.41, 5.74) is 2.14. The quantitative estimate of drug-likeness (QED) is 0.530. The first kappa shape index (κ1) is 21.3. The van der Waals surface area contributed by atoms with E-state index in [1.54, 1.807) is 35.2 Å². The third kappa shape index (κ3) is 5.12. The van der Waals surface area contributed by atoms with Crippen molar-refractivity contribution in [2.45, 2.75) is 13.0 Å². The van der Waals surface area contributed by atoms with Gasteiger partial charge in [0, 0.05) is 24.5 Å². The van der Waals surface area contributed by atoms with Gasteiger partial charge >= 0.3 is 12.1 Å². The molecule has 2 aromatic rings. The smallest absolute Gasteiger partial charge is 0.321 e. The van der Waals surface area contributed by atoms with E-state index in [0.717, 1.165) is 11.3 Å². The highest BCUT2D eigenvalue weighted by molar-refractivity contribution is 5.95. The lowest BCUT2D eigenvalue weighted by atomic mass is 10.1. The molecule has 30 heavy (non-hydrogen) atoms. The Morgan fingerprint density at radius 1 is 1.27 bits per heavy atom. The normalized spacial score (nSPS) is 14.1. The summed E-state index contributed by atoms with van der Waals surface area (Å²) in [6.07, 6.45) is 0. The second-order valence-electron chi connectivity index (χ2n) is 6.74. The van der Waals surface area contributed by atoms with Crippen molar-refractivity contribution in [2.75, 3.05) is 43.6 Å². The summed E-state index contributed by atoms with van der Waals surface area (Å²) < 4.78 is 10.8. The fraction of sp³-hybridized carbons (Fsp3) is 0.333. The molecule has 9 nitrogen and oxygen atoms in total. The van der Waals surface area contributed by atoms with E-state index >= 15 is 0 Å². The Hall–Kier alpha value is -3.46. The van der Waals surface area contributed by atoms with Crippen LogP contribution in [-0.2, 0) is 0 Å². The van der Waals surface area contributed by atoms with Gasteiger partial charge in [-0.15, -0.1) is 0 Å². The van der Waals surface area contributed by atoms with Crippen molar-refractivity contribution in [3.63, 3.8) is 0 Å². The number of amides is 4. The number of hydrogen-bond acceptors (Lipinski definition) is 5. The molecule has 1 atom stereocenters. The molecule has 0 aromatic heterocycles. The molecule has 0 bridgehead atoms. The summed E-state index contributed by atoms with van der Waals surface area (Å²) in [5, 5.41) is 17.3. The first-order valence-electron chi connectivity index (χ1n) is 9.66. The average Bonchev–Trinajstić information content (AvgIpc) is 3.18. The van der Waals surface area contributed by atoms with Gasteiger partial charge in [-0.25, -0.2) is 9.59 Å². The molecular weight excluding hydrogens is 388 g/mol. The summed E-state index contributed by atoms with van der Waals surface area (Å²) in [6, 6.07) is 11.7. The van der Waals surface area contributed by atoms with Gasteiger partial charge in [0.2, 0.25) is 0 Å². The van der Waals surface area contributed by atoms with Crippen LogP contribution in [0.2, 0.25) is 0 Å². The second kappa shape index (κ2) is 9.84. The number of aliphatic hydroxyl groups is 1. The molecule has 1 aliphatic rings. The third-order valence-corrected chi connectivity index (χ3v) is 4.66. The fourth-order valence-corrected chi connectivity index (χ4v) is 3.15. The van der Waals surface area contributed by atoms with E-state index in [4.69, 9.17) is 14.6 Å². The monoisotopic (exact) mass is 414 g/mol. The van der Waals surface area contributed by atoms with Gasteiger partial charge in [0.05, 0.1) is 19.8 Å². The molecule has 0 aliphatic carbocycles. The number of urea groups is 2. The number of hydrogen-bond donors (Lipinski definition) is 4. The number of nitrogens with zero attached hydrogens (tertiary/aromatic N) is 1. The fourth-order valence-electron chi connectivity index (χ4n) is 3.15. The van der Waals surface area contributed by atoms with Crippen LogP contribution >= 0.6 is 0 Å². The van der Waals surface area contributed by atoms with Crippen molar-refractivity contribution in [1.82, 2.24) is 10.6 Å². The van der Waals surface area contributed by atoms with Gasteiger partial charge in [0.15, 0.2) is 11.5 Å². The minimum Gasteiger partial charge on any atom is -0.493 e. The molecule has 4 N–H and O–H groups in total. The van der Waals surface area contributed by atoms with Crippen LogP contribution in [0.5, 0.6) is 11.5 Å². The lowest BCUT2D eigenvalue weighted by Crippen LogP contribution is -2.31. The van der Waals surface area contributed by atoms with Gasteiger partial charge in [-0.2, -0.15) is 0 Å². The van der Waals surface area contributed by atoms with Crippen molar-refractivity contribution in [1.29, 1.82) is 0 Å². The number of carbonyl (C=O) groups is 2. The Kier molecular flexibility index (Phi) is 6.97. The van der Waals surface area contributed by atoms with Gasteiger partial charge in [0.25, 0.3) is 0 Å². The maximum Gasteiger partial charge on any atom is 0.321 e. The highest BCUT2D eigenvalue weighted by Crippen LogP contribution is 2.30. The number of methoxy groups -OCH3 is 1. The van der Waals surface area contributed by atoms with E-state index in [1.807, 2.05) is 19.1 Å². The summed E-state index contributed by atoms with van der Waals surface area (Å²) in [6.45, 7) is 3.12. The second-order valence-corrected chi connectivity index (χ2v) is 6.74. The first-order chi connectivity index (χ1) is 14.5. The van der Waals surface area contributed by atoms with Crippen LogP contribution in [0.4, 0.5) is 21.0 Å². The predicted octanol–water partition coefficient (Wildman–Crippen LogP) is 2.48. The predicted molar refractivity (Wildman–Crippen MR) is 113 cm³/mol. The van der Waals surface area contributed by atoms with E-state index < -0.39 is 0 Å². The summed E-state index contributed by atoms with van der Waals surface area (Å²) in [7, 11) is 1.53. The Balaban J connectivity index is 1.63. The summed E-state index contributed by atoms with van der Waals surface area (Å²) in [5.74, 6) is 1.04. The molecular formula is C21H26N4O5. The van der Waals surface area contributed by atoms with Crippen molar-refractivity contribution in [3.8, 4) is 11.5 Å². The Morgan fingerprint density at radius 2 is 2.10 bits per heavy atom. The summed E-state index contributed by atoms with van der Waals surface area (Å²) >= 11 is 0. The average molecular weight is 414 g/mol. The Bertz CT molecular complexity index is 905. The standard InChI is InChI=1S/C21H26N4O5/c1-14(15-6-7-18(30-11-10-26)19(12-15)29-2)23-20(27)24-16-4-3-5-17(13-16)25-9-8-22-21(25)28/h3-7,12-14,26H,8-11H2,1-2H3,(H,22,28)(H2,23,24,27). The number of anilines is 2.